The molecule has 0 aliphatic carbocycles. The van der Waals surface area contributed by atoms with Crippen LogP contribution in [0.25, 0.3) is 5.69 Å². The lowest BCUT2D eigenvalue weighted by molar-refractivity contribution is 0.0621. The van der Waals surface area contributed by atoms with Crippen molar-refractivity contribution in [3.63, 3.8) is 0 Å². The number of piperazine rings is 1. The molecule has 0 bridgehead atoms. The lowest BCUT2D eigenvalue weighted by Crippen LogP contribution is -2.48. The first-order valence-corrected chi connectivity index (χ1v) is 8.69. The fourth-order valence-electron chi connectivity index (χ4n) is 3.04. The van der Waals surface area contributed by atoms with Crippen molar-refractivity contribution in [1.29, 1.82) is 0 Å². The maximum Gasteiger partial charge on any atom is 0.276 e. The Morgan fingerprint density at radius 1 is 0.962 bits per heavy atom. The van der Waals surface area contributed by atoms with Gasteiger partial charge in [-0.1, -0.05) is 24.3 Å². The molecule has 132 valence electrons. The second kappa shape index (κ2) is 7.45. The third kappa shape index (κ3) is 3.62. The molecule has 26 heavy (non-hydrogen) atoms. The maximum absolute atomic E-state index is 12.7. The number of amides is 1. The summed E-state index contributed by atoms with van der Waals surface area (Å²) in [7, 11) is 0. The molecule has 2 aromatic heterocycles. The van der Waals surface area contributed by atoms with E-state index in [0.29, 0.717) is 18.8 Å². The Kier molecular flexibility index (Phi) is 4.70. The van der Waals surface area contributed by atoms with E-state index in [2.05, 4.69) is 20.1 Å². The average Bonchev–Trinajstić information content (AvgIpc) is 3.20. The lowest BCUT2D eigenvalue weighted by atomic mass is 10.2. The van der Waals surface area contributed by atoms with Crippen molar-refractivity contribution in [2.75, 3.05) is 26.2 Å². The Hall–Kier alpha value is -3.06. The van der Waals surface area contributed by atoms with Crippen LogP contribution >= 0.6 is 0 Å². The molecule has 0 unspecified atom stereocenters. The summed E-state index contributed by atoms with van der Waals surface area (Å²) < 4.78 is 0. The minimum absolute atomic E-state index is 0.0651. The molecule has 0 atom stereocenters. The lowest BCUT2D eigenvalue weighted by Gasteiger charge is -2.34. The van der Waals surface area contributed by atoms with Crippen LogP contribution in [0.4, 0.5) is 0 Å². The van der Waals surface area contributed by atoms with Gasteiger partial charge in [0.05, 0.1) is 17.6 Å². The van der Waals surface area contributed by atoms with Gasteiger partial charge < -0.3 is 4.90 Å². The van der Waals surface area contributed by atoms with Gasteiger partial charge in [-0.25, -0.2) is 0 Å². The van der Waals surface area contributed by atoms with Crippen molar-refractivity contribution in [1.82, 2.24) is 29.8 Å². The standard InChI is InChI=1S/C19H20N6O/c26-19(18-14-21-25(22-18)17-7-2-1-3-8-17)24-12-10-23(11-13-24)15-16-6-4-5-9-20-16/h1-9,14H,10-13,15H2. The van der Waals surface area contributed by atoms with Crippen LogP contribution in [0.1, 0.15) is 16.2 Å². The number of carbonyl (C=O) groups is 1. The zero-order valence-corrected chi connectivity index (χ0v) is 14.4. The number of aromatic nitrogens is 4. The molecule has 4 rings (SSSR count). The Morgan fingerprint density at radius 2 is 1.73 bits per heavy atom. The number of hydrogen-bond donors (Lipinski definition) is 0. The van der Waals surface area contributed by atoms with Gasteiger partial charge in [0.2, 0.25) is 0 Å². The van der Waals surface area contributed by atoms with Crippen LogP contribution in [-0.2, 0) is 6.54 Å². The number of pyridine rings is 1. The van der Waals surface area contributed by atoms with E-state index in [9.17, 15) is 4.79 Å². The predicted molar refractivity (Wildman–Crippen MR) is 96.8 cm³/mol. The van der Waals surface area contributed by atoms with Crippen LogP contribution in [0.5, 0.6) is 0 Å². The van der Waals surface area contributed by atoms with Crippen LogP contribution in [0.15, 0.2) is 60.9 Å². The first-order chi connectivity index (χ1) is 12.8. The fraction of sp³-hybridized carbons (Fsp3) is 0.263. The van der Waals surface area contributed by atoms with Crippen molar-refractivity contribution in [2.45, 2.75) is 6.54 Å². The smallest absolute Gasteiger partial charge is 0.276 e. The van der Waals surface area contributed by atoms with Gasteiger partial charge >= 0.3 is 0 Å². The SMILES string of the molecule is O=C(c1cnn(-c2ccccc2)n1)N1CCN(Cc2ccccn2)CC1. The minimum Gasteiger partial charge on any atom is -0.335 e. The molecule has 1 aliphatic rings. The van der Waals surface area contributed by atoms with Gasteiger partial charge in [-0.2, -0.15) is 9.90 Å². The molecule has 1 fully saturated rings. The van der Waals surface area contributed by atoms with E-state index >= 15 is 0 Å². The van der Waals surface area contributed by atoms with E-state index in [1.54, 1.807) is 0 Å². The number of nitrogens with zero attached hydrogens (tertiary/aromatic N) is 6. The van der Waals surface area contributed by atoms with Gasteiger partial charge in [0.15, 0.2) is 5.69 Å². The summed E-state index contributed by atoms with van der Waals surface area (Å²) >= 11 is 0. The van der Waals surface area contributed by atoms with E-state index in [1.807, 2.05) is 59.6 Å². The van der Waals surface area contributed by atoms with Crippen LogP contribution < -0.4 is 0 Å². The molecule has 0 saturated carbocycles. The Bertz CT molecular complexity index is 856. The first kappa shape index (κ1) is 16.4. The van der Waals surface area contributed by atoms with Gasteiger partial charge in [-0.3, -0.25) is 14.7 Å². The summed E-state index contributed by atoms with van der Waals surface area (Å²) in [4.78, 5) is 22.7. The molecule has 7 nitrogen and oxygen atoms in total. The quantitative estimate of drug-likeness (QED) is 0.717. The summed E-state index contributed by atoms with van der Waals surface area (Å²) in [6.45, 7) is 3.84. The number of hydrogen-bond acceptors (Lipinski definition) is 5. The van der Waals surface area contributed by atoms with Crippen LogP contribution in [0.2, 0.25) is 0 Å². The molecule has 0 spiro atoms. The Balaban J connectivity index is 1.36. The molecule has 3 heterocycles. The topological polar surface area (TPSA) is 67.2 Å². The highest BCUT2D eigenvalue weighted by Gasteiger charge is 2.24. The summed E-state index contributed by atoms with van der Waals surface area (Å²) in [5.41, 5.74) is 2.27. The van der Waals surface area contributed by atoms with Gasteiger partial charge in [-0.05, 0) is 24.3 Å². The Morgan fingerprint density at radius 3 is 2.46 bits per heavy atom. The third-order valence-corrected chi connectivity index (χ3v) is 4.47. The first-order valence-electron chi connectivity index (χ1n) is 8.69. The highest BCUT2D eigenvalue weighted by Crippen LogP contribution is 2.10. The van der Waals surface area contributed by atoms with Gasteiger partial charge in [0, 0.05) is 38.9 Å². The van der Waals surface area contributed by atoms with Crippen LogP contribution in [0, 0.1) is 0 Å². The van der Waals surface area contributed by atoms with E-state index in [1.165, 1.54) is 11.0 Å². The van der Waals surface area contributed by atoms with Gasteiger partial charge in [0.1, 0.15) is 0 Å². The highest BCUT2D eigenvalue weighted by molar-refractivity contribution is 5.92. The van der Waals surface area contributed by atoms with E-state index in [0.717, 1.165) is 31.0 Å². The highest BCUT2D eigenvalue weighted by atomic mass is 16.2. The van der Waals surface area contributed by atoms with Crippen molar-refractivity contribution in [3.8, 4) is 5.69 Å². The molecule has 7 heteroatoms. The summed E-state index contributed by atoms with van der Waals surface area (Å²) in [6.07, 6.45) is 3.35. The van der Waals surface area contributed by atoms with Crippen LogP contribution in [-0.4, -0.2) is 61.9 Å². The number of para-hydroxylation sites is 1. The molecule has 3 aromatic rings. The second-order valence-electron chi connectivity index (χ2n) is 6.24. The van der Waals surface area contributed by atoms with Crippen molar-refractivity contribution in [3.05, 3.63) is 72.3 Å². The van der Waals surface area contributed by atoms with E-state index < -0.39 is 0 Å². The molecule has 1 amide bonds. The van der Waals surface area contributed by atoms with Crippen molar-refractivity contribution in [2.24, 2.45) is 0 Å². The molecule has 1 aromatic carbocycles. The van der Waals surface area contributed by atoms with Gasteiger partial charge in [0.25, 0.3) is 5.91 Å². The second-order valence-corrected chi connectivity index (χ2v) is 6.24. The van der Waals surface area contributed by atoms with Crippen molar-refractivity contribution < 1.29 is 4.79 Å². The largest absolute Gasteiger partial charge is 0.335 e. The zero-order chi connectivity index (χ0) is 17.8. The average molecular weight is 348 g/mol. The normalized spacial score (nSPS) is 15.2. The number of rotatable bonds is 4. The third-order valence-electron chi connectivity index (χ3n) is 4.47. The number of carbonyl (C=O) groups excluding carboxylic acids is 1. The monoisotopic (exact) mass is 348 g/mol. The Labute approximate surface area is 151 Å². The molecular formula is C19H20N6O. The maximum atomic E-state index is 12.7. The summed E-state index contributed by atoms with van der Waals surface area (Å²) in [5, 5.41) is 8.55. The predicted octanol–water partition coefficient (Wildman–Crippen LogP) is 1.62. The van der Waals surface area contributed by atoms with E-state index in [-0.39, 0.29) is 5.91 Å². The summed E-state index contributed by atoms with van der Waals surface area (Å²) in [5.74, 6) is -0.0651. The molecule has 1 aliphatic heterocycles. The minimum atomic E-state index is -0.0651. The van der Waals surface area contributed by atoms with E-state index in [4.69, 9.17) is 0 Å². The number of benzene rings is 1. The zero-order valence-electron chi connectivity index (χ0n) is 14.4. The fourth-order valence-corrected chi connectivity index (χ4v) is 3.04. The van der Waals surface area contributed by atoms with Crippen LogP contribution in [0.3, 0.4) is 0 Å². The van der Waals surface area contributed by atoms with Crippen molar-refractivity contribution >= 4 is 5.91 Å². The molecule has 1 saturated heterocycles. The summed E-state index contributed by atoms with van der Waals surface area (Å²) in [6, 6.07) is 15.5. The molecule has 0 N–H and O–H groups in total. The molecular weight excluding hydrogens is 328 g/mol. The van der Waals surface area contributed by atoms with Gasteiger partial charge in [-0.15, -0.1) is 5.10 Å². The molecule has 0 radical (unpaired) electrons.